The number of amides is 1. The maximum Gasteiger partial charge on any atom is 0.338 e. The Kier molecular flexibility index (Phi) is 7.46. The van der Waals surface area contributed by atoms with E-state index in [0.29, 0.717) is 5.56 Å². The molecule has 1 aliphatic heterocycles. The fourth-order valence-electron chi connectivity index (χ4n) is 4.22. The smallest absolute Gasteiger partial charge is 0.338 e. The summed E-state index contributed by atoms with van der Waals surface area (Å²) in [5, 5.41) is 8.79. The van der Waals surface area contributed by atoms with E-state index < -0.39 is 17.8 Å². The second kappa shape index (κ2) is 10.3. The Balaban J connectivity index is 1.87. The molecule has 0 saturated carbocycles. The number of hydrogen-bond acceptors (Lipinski definition) is 5. The lowest BCUT2D eigenvalue weighted by Gasteiger charge is -2.33. The summed E-state index contributed by atoms with van der Waals surface area (Å²) < 4.78 is 4.94. The summed E-state index contributed by atoms with van der Waals surface area (Å²) in [6.45, 7) is 3.81. The fourth-order valence-corrected chi connectivity index (χ4v) is 4.22. The number of carbonyl (C=O) groups excluding carboxylic acids is 2. The van der Waals surface area contributed by atoms with E-state index in [2.05, 4.69) is 17.0 Å². The number of rotatable bonds is 8. The van der Waals surface area contributed by atoms with Gasteiger partial charge in [0, 0.05) is 18.8 Å². The highest BCUT2D eigenvalue weighted by atomic mass is 16.5. The average molecular weight is 411 g/mol. The summed E-state index contributed by atoms with van der Waals surface area (Å²) in [6, 6.07) is 15.0. The summed E-state index contributed by atoms with van der Waals surface area (Å²) in [5.41, 5.74) is 9.24. The molecule has 1 fully saturated rings. The molecule has 2 unspecified atom stereocenters. The van der Waals surface area contributed by atoms with E-state index in [1.165, 1.54) is 24.9 Å². The first-order valence-electron chi connectivity index (χ1n) is 10.5. The molecule has 6 heteroatoms. The molecule has 0 spiro atoms. The van der Waals surface area contributed by atoms with Gasteiger partial charge in [0.15, 0.2) is 0 Å². The molecular formula is C24H30N2O4. The third kappa shape index (κ3) is 5.00. The summed E-state index contributed by atoms with van der Waals surface area (Å²) in [6.07, 6.45) is 3.61. The van der Waals surface area contributed by atoms with Gasteiger partial charge in [-0.05, 0) is 54.5 Å². The molecule has 6 nitrogen and oxygen atoms in total. The van der Waals surface area contributed by atoms with Crippen molar-refractivity contribution in [2.24, 2.45) is 5.73 Å². The Hall–Kier alpha value is -2.86. The second-order valence-electron chi connectivity index (χ2n) is 7.76. The fraction of sp³-hybridized carbons (Fsp3) is 0.417. The molecular weight excluding hydrogens is 380 g/mol. The number of nitrogens with two attached hydrogens (primary N) is 1. The molecule has 0 bridgehead atoms. The van der Waals surface area contributed by atoms with Crippen LogP contribution in [0.2, 0.25) is 0 Å². The molecule has 0 radical (unpaired) electrons. The van der Waals surface area contributed by atoms with Gasteiger partial charge in [0.25, 0.3) is 0 Å². The van der Waals surface area contributed by atoms with Crippen molar-refractivity contribution in [2.45, 2.75) is 38.0 Å². The van der Waals surface area contributed by atoms with Gasteiger partial charge in [0.05, 0.1) is 18.1 Å². The third-order valence-corrected chi connectivity index (χ3v) is 5.76. The number of carbonyl (C=O) groups is 2. The van der Waals surface area contributed by atoms with E-state index in [1.807, 2.05) is 19.1 Å². The van der Waals surface area contributed by atoms with Crippen LogP contribution in [0.1, 0.15) is 59.5 Å². The van der Waals surface area contributed by atoms with Crippen molar-refractivity contribution in [3.63, 3.8) is 0 Å². The van der Waals surface area contributed by atoms with Crippen molar-refractivity contribution < 1.29 is 19.4 Å². The molecule has 2 atom stereocenters. The number of esters is 1. The molecule has 3 rings (SSSR count). The molecule has 1 saturated heterocycles. The molecule has 2 aromatic carbocycles. The Labute approximate surface area is 177 Å². The van der Waals surface area contributed by atoms with Crippen LogP contribution in [0.25, 0.3) is 0 Å². The number of aliphatic hydroxyl groups excluding tert-OH is 1. The molecule has 160 valence electrons. The Morgan fingerprint density at radius 3 is 2.37 bits per heavy atom. The molecule has 0 aromatic heterocycles. The number of benzene rings is 2. The van der Waals surface area contributed by atoms with Crippen LogP contribution in [-0.4, -0.2) is 43.3 Å². The minimum atomic E-state index is -0.515. The zero-order chi connectivity index (χ0) is 21.5. The maximum atomic E-state index is 12.5. The SMILES string of the molecule is CC(c1ccccc1N1CCCCC1)C(C(N)=O)c1ccc(C(=O)OCCO)cc1. The van der Waals surface area contributed by atoms with Crippen LogP contribution in [0.4, 0.5) is 5.69 Å². The van der Waals surface area contributed by atoms with E-state index in [1.54, 1.807) is 24.3 Å². The van der Waals surface area contributed by atoms with Crippen molar-refractivity contribution in [3.8, 4) is 0 Å². The van der Waals surface area contributed by atoms with Crippen molar-refractivity contribution in [3.05, 3.63) is 65.2 Å². The summed E-state index contributed by atoms with van der Waals surface area (Å²) in [7, 11) is 0. The first-order chi connectivity index (χ1) is 14.5. The molecule has 0 aliphatic carbocycles. The predicted molar refractivity (Wildman–Crippen MR) is 117 cm³/mol. The van der Waals surface area contributed by atoms with Crippen molar-refractivity contribution in [1.82, 2.24) is 0 Å². The van der Waals surface area contributed by atoms with Gasteiger partial charge in [-0.25, -0.2) is 4.79 Å². The van der Waals surface area contributed by atoms with Crippen LogP contribution >= 0.6 is 0 Å². The number of anilines is 1. The minimum absolute atomic E-state index is 0.0468. The number of hydrogen-bond donors (Lipinski definition) is 2. The standard InChI is InChI=1S/C24H30N2O4/c1-17(20-7-3-4-8-21(20)26-13-5-2-6-14-26)22(23(25)28)18-9-11-19(12-10-18)24(29)30-16-15-27/h3-4,7-12,17,22,27H,2,5-6,13-16H2,1H3,(H2,25,28). The number of ether oxygens (including phenoxy) is 1. The van der Waals surface area contributed by atoms with Gasteiger partial charge in [0.1, 0.15) is 6.61 Å². The minimum Gasteiger partial charge on any atom is -0.460 e. The molecule has 1 amide bonds. The quantitative estimate of drug-likeness (QED) is 0.652. The third-order valence-electron chi connectivity index (χ3n) is 5.76. The van der Waals surface area contributed by atoms with E-state index >= 15 is 0 Å². The zero-order valence-electron chi connectivity index (χ0n) is 17.4. The number of piperidine rings is 1. The molecule has 30 heavy (non-hydrogen) atoms. The number of primary amides is 1. The van der Waals surface area contributed by atoms with Crippen LogP contribution in [0.5, 0.6) is 0 Å². The van der Waals surface area contributed by atoms with Gasteiger partial charge < -0.3 is 20.5 Å². The van der Waals surface area contributed by atoms with Crippen molar-refractivity contribution >= 4 is 17.6 Å². The van der Waals surface area contributed by atoms with E-state index in [9.17, 15) is 9.59 Å². The highest BCUT2D eigenvalue weighted by Crippen LogP contribution is 2.38. The van der Waals surface area contributed by atoms with Gasteiger partial charge in [-0.3, -0.25) is 4.79 Å². The van der Waals surface area contributed by atoms with Crippen LogP contribution in [0, 0.1) is 0 Å². The van der Waals surface area contributed by atoms with E-state index in [4.69, 9.17) is 15.6 Å². The van der Waals surface area contributed by atoms with Gasteiger partial charge in [-0.1, -0.05) is 37.3 Å². The molecule has 3 N–H and O–H groups in total. The number of para-hydroxylation sites is 1. The Morgan fingerprint density at radius 1 is 1.07 bits per heavy atom. The predicted octanol–water partition coefficient (Wildman–Crippen LogP) is 3.20. The second-order valence-corrected chi connectivity index (χ2v) is 7.76. The Morgan fingerprint density at radius 2 is 1.73 bits per heavy atom. The van der Waals surface area contributed by atoms with Crippen molar-refractivity contribution in [2.75, 3.05) is 31.2 Å². The molecule has 1 heterocycles. The first kappa shape index (κ1) is 21.8. The van der Waals surface area contributed by atoms with Crippen molar-refractivity contribution in [1.29, 1.82) is 0 Å². The topological polar surface area (TPSA) is 92.9 Å². The van der Waals surface area contributed by atoms with Gasteiger partial charge in [-0.15, -0.1) is 0 Å². The van der Waals surface area contributed by atoms with Crippen LogP contribution in [0.3, 0.4) is 0 Å². The Bertz CT molecular complexity index is 860. The molecule has 1 aliphatic rings. The van der Waals surface area contributed by atoms with Gasteiger partial charge in [-0.2, -0.15) is 0 Å². The van der Waals surface area contributed by atoms with E-state index in [0.717, 1.165) is 24.2 Å². The van der Waals surface area contributed by atoms with Gasteiger partial charge in [0.2, 0.25) is 5.91 Å². The van der Waals surface area contributed by atoms with Crippen LogP contribution < -0.4 is 10.6 Å². The lowest BCUT2D eigenvalue weighted by molar-refractivity contribution is -0.119. The summed E-state index contributed by atoms with van der Waals surface area (Å²) in [4.78, 5) is 26.8. The highest BCUT2D eigenvalue weighted by molar-refractivity contribution is 5.90. The zero-order valence-corrected chi connectivity index (χ0v) is 17.4. The van der Waals surface area contributed by atoms with Gasteiger partial charge >= 0.3 is 5.97 Å². The lowest BCUT2D eigenvalue weighted by Crippen LogP contribution is -2.32. The number of aliphatic hydroxyl groups is 1. The summed E-state index contributed by atoms with van der Waals surface area (Å²) in [5.74, 6) is -1.53. The first-order valence-corrected chi connectivity index (χ1v) is 10.5. The molecule has 2 aromatic rings. The summed E-state index contributed by atoms with van der Waals surface area (Å²) >= 11 is 0. The maximum absolute atomic E-state index is 12.5. The number of nitrogens with zero attached hydrogens (tertiary/aromatic N) is 1. The monoisotopic (exact) mass is 410 g/mol. The normalized spacial score (nSPS) is 16.0. The lowest BCUT2D eigenvalue weighted by atomic mass is 9.81. The highest BCUT2D eigenvalue weighted by Gasteiger charge is 2.29. The van der Waals surface area contributed by atoms with E-state index in [-0.39, 0.29) is 19.1 Å². The largest absolute Gasteiger partial charge is 0.460 e. The van der Waals surface area contributed by atoms with Crippen LogP contribution in [-0.2, 0) is 9.53 Å². The van der Waals surface area contributed by atoms with Crippen LogP contribution in [0.15, 0.2) is 48.5 Å². The average Bonchev–Trinajstić information content (AvgIpc) is 2.78.